The summed E-state index contributed by atoms with van der Waals surface area (Å²) in [6.45, 7) is 10.8. The molecular weight excluding hydrogens is 230 g/mol. The van der Waals surface area contributed by atoms with Crippen molar-refractivity contribution < 1.29 is 14.3 Å². The van der Waals surface area contributed by atoms with Gasteiger partial charge in [-0.25, -0.2) is 4.79 Å². The highest BCUT2D eigenvalue weighted by Crippen LogP contribution is 2.22. The fraction of sp³-hybridized carbons (Fsp3) is 0.857. The smallest absolute Gasteiger partial charge is 0.410 e. The minimum atomic E-state index is -0.475. The lowest BCUT2D eigenvalue weighted by atomic mass is 9.96. The van der Waals surface area contributed by atoms with Gasteiger partial charge >= 0.3 is 6.09 Å². The number of Topliss-reactive ketones (excluding diaryl/α,β-unsaturated/α-hetero) is 1. The Kier molecular flexibility index (Phi) is 4.77. The predicted octanol–water partition coefficient (Wildman–Crippen LogP) is 2.86. The standard InChI is InChI=1S/C14H25NO3/c1-10(2)8-12(16)11-6-7-15(9-11)13(17)18-14(3,4)5/h10-11H,6-9H2,1-5H3. The first-order valence-corrected chi connectivity index (χ1v) is 6.69. The van der Waals surface area contributed by atoms with E-state index in [2.05, 4.69) is 0 Å². The molecule has 1 unspecified atom stereocenters. The number of ether oxygens (including phenoxy) is 1. The molecule has 104 valence electrons. The van der Waals surface area contributed by atoms with Crippen LogP contribution in [0, 0.1) is 11.8 Å². The highest BCUT2D eigenvalue weighted by Gasteiger charge is 2.33. The monoisotopic (exact) mass is 255 g/mol. The number of nitrogens with zero attached hydrogens (tertiary/aromatic N) is 1. The number of likely N-dealkylation sites (tertiary alicyclic amines) is 1. The average molecular weight is 255 g/mol. The van der Waals surface area contributed by atoms with Crippen LogP contribution in [-0.4, -0.2) is 35.5 Å². The molecule has 0 aromatic carbocycles. The second-order valence-corrected chi connectivity index (χ2v) is 6.48. The summed E-state index contributed by atoms with van der Waals surface area (Å²) >= 11 is 0. The Labute approximate surface area is 110 Å². The van der Waals surface area contributed by atoms with Gasteiger partial charge in [-0.05, 0) is 33.1 Å². The van der Waals surface area contributed by atoms with Crippen molar-refractivity contribution in [3.63, 3.8) is 0 Å². The zero-order chi connectivity index (χ0) is 13.9. The zero-order valence-electron chi connectivity index (χ0n) is 12.2. The number of carbonyl (C=O) groups excluding carboxylic acids is 2. The summed E-state index contributed by atoms with van der Waals surface area (Å²) < 4.78 is 5.31. The lowest BCUT2D eigenvalue weighted by molar-refractivity contribution is -0.123. The van der Waals surface area contributed by atoms with E-state index in [1.165, 1.54) is 0 Å². The van der Waals surface area contributed by atoms with Gasteiger partial charge in [-0.15, -0.1) is 0 Å². The van der Waals surface area contributed by atoms with Crippen LogP contribution >= 0.6 is 0 Å². The molecule has 1 heterocycles. The van der Waals surface area contributed by atoms with Crippen molar-refractivity contribution in [2.75, 3.05) is 13.1 Å². The Bertz CT molecular complexity index is 317. The van der Waals surface area contributed by atoms with Gasteiger partial charge in [0, 0.05) is 25.4 Å². The van der Waals surface area contributed by atoms with Crippen LogP contribution < -0.4 is 0 Å². The Morgan fingerprint density at radius 2 is 1.94 bits per heavy atom. The topological polar surface area (TPSA) is 46.6 Å². The molecule has 0 spiro atoms. The lowest BCUT2D eigenvalue weighted by Gasteiger charge is -2.24. The van der Waals surface area contributed by atoms with Crippen molar-refractivity contribution in [2.45, 2.75) is 53.1 Å². The Morgan fingerprint density at radius 1 is 1.33 bits per heavy atom. The Morgan fingerprint density at radius 3 is 2.44 bits per heavy atom. The number of amides is 1. The van der Waals surface area contributed by atoms with Crippen molar-refractivity contribution in [2.24, 2.45) is 11.8 Å². The number of rotatable bonds is 3. The van der Waals surface area contributed by atoms with Crippen LogP contribution in [-0.2, 0) is 9.53 Å². The van der Waals surface area contributed by atoms with Gasteiger partial charge in [0.1, 0.15) is 11.4 Å². The third kappa shape index (κ3) is 4.67. The fourth-order valence-electron chi connectivity index (χ4n) is 2.08. The first kappa shape index (κ1) is 15.0. The van der Waals surface area contributed by atoms with Crippen molar-refractivity contribution >= 4 is 11.9 Å². The number of carbonyl (C=O) groups is 2. The van der Waals surface area contributed by atoms with E-state index in [0.29, 0.717) is 25.4 Å². The van der Waals surface area contributed by atoms with Gasteiger partial charge in [-0.2, -0.15) is 0 Å². The van der Waals surface area contributed by atoms with Crippen LogP contribution in [0.25, 0.3) is 0 Å². The number of hydrogen-bond donors (Lipinski definition) is 0. The average Bonchev–Trinajstić information content (AvgIpc) is 2.61. The quantitative estimate of drug-likeness (QED) is 0.779. The molecular formula is C14H25NO3. The molecule has 0 aromatic heterocycles. The van der Waals surface area contributed by atoms with E-state index in [0.717, 1.165) is 6.42 Å². The van der Waals surface area contributed by atoms with Crippen molar-refractivity contribution in [1.82, 2.24) is 4.90 Å². The van der Waals surface area contributed by atoms with E-state index in [1.54, 1.807) is 4.90 Å². The summed E-state index contributed by atoms with van der Waals surface area (Å²) in [4.78, 5) is 25.4. The second-order valence-electron chi connectivity index (χ2n) is 6.48. The van der Waals surface area contributed by atoms with Crippen LogP contribution in [0.5, 0.6) is 0 Å². The molecule has 1 rings (SSSR count). The summed E-state index contributed by atoms with van der Waals surface area (Å²) in [6.07, 6.45) is 1.07. The normalized spacial score (nSPS) is 20.3. The van der Waals surface area contributed by atoms with E-state index in [-0.39, 0.29) is 17.8 Å². The highest BCUT2D eigenvalue weighted by molar-refractivity contribution is 5.82. The van der Waals surface area contributed by atoms with Gasteiger partial charge in [-0.1, -0.05) is 13.8 Å². The molecule has 1 fully saturated rings. The molecule has 0 aromatic rings. The van der Waals surface area contributed by atoms with Crippen LogP contribution in [0.4, 0.5) is 4.79 Å². The van der Waals surface area contributed by atoms with Crippen LogP contribution in [0.1, 0.15) is 47.5 Å². The molecule has 0 aliphatic carbocycles. The minimum Gasteiger partial charge on any atom is -0.444 e. The van der Waals surface area contributed by atoms with Crippen LogP contribution in [0.3, 0.4) is 0 Å². The van der Waals surface area contributed by atoms with Gasteiger partial charge in [-0.3, -0.25) is 4.79 Å². The molecule has 1 saturated heterocycles. The maximum absolute atomic E-state index is 11.9. The van der Waals surface area contributed by atoms with E-state index in [1.807, 2.05) is 34.6 Å². The third-order valence-electron chi connectivity index (χ3n) is 2.90. The molecule has 4 heteroatoms. The highest BCUT2D eigenvalue weighted by atomic mass is 16.6. The van der Waals surface area contributed by atoms with E-state index in [4.69, 9.17) is 4.74 Å². The summed E-state index contributed by atoms with van der Waals surface area (Å²) in [6, 6.07) is 0. The molecule has 0 saturated carbocycles. The minimum absolute atomic E-state index is 0.0000756. The van der Waals surface area contributed by atoms with Crippen molar-refractivity contribution in [3.05, 3.63) is 0 Å². The molecule has 4 nitrogen and oxygen atoms in total. The third-order valence-corrected chi connectivity index (χ3v) is 2.90. The molecule has 18 heavy (non-hydrogen) atoms. The predicted molar refractivity (Wildman–Crippen MR) is 70.4 cm³/mol. The fourth-order valence-corrected chi connectivity index (χ4v) is 2.08. The van der Waals surface area contributed by atoms with Crippen LogP contribution in [0.15, 0.2) is 0 Å². The molecule has 1 aliphatic rings. The van der Waals surface area contributed by atoms with E-state index < -0.39 is 5.60 Å². The maximum atomic E-state index is 11.9. The largest absolute Gasteiger partial charge is 0.444 e. The van der Waals surface area contributed by atoms with E-state index in [9.17, 15) is 9.59 Å². The van der Waals surface area contributed by atoms with E-state index >= 15 is 0 Å². The Balaban J connectivity index is 2.46. The summed E-state index contributed by atoms with van der Waals surface area (Å²) in [7, 11) is 0. The molecule has 0 bridgehead atoms. The molecule has 1 amide bonds. The molecule has 0 radical (unpaired) electrons. The first-order chi connectivity index (χ1) is 8.19. The van der Waals surface area contributed by atoms with Gasteiger partial charge in [0.2, 0.25) is 0 Å². The zero-order valence-corrected chi connectivity index (χ0v) is 12.2. The number of hydrogen-bond acceptors (Lipinski definition) is 3. The maximum Gasteiger partial charge on any atom is 0.410 e. The Hall–Kier alpha value is -1.06. The second kappa shape index (κ2) is 5.72. The van der Waals surface area contributed by atoms with Crippen LogP contribution in [0.2, 0.25) is 0 Å². The summed E-state index contributed by atoms with van der Waals surface area (Å²) in [5, 5.41) is 0. The van der Waals surface area contributed by atoms with Gasteiger partial charge in [0.15, 0.2) is 0 Å². The first-order valence-electron chi connectivity index (χ1n) is 6.69. The van der Waals surface area contributed by atoms with Gasteiger partial charge in [0.25, 0.3) is 0 Å². The summed E-state index contributed by atoms with van der Waals surface area (Å²) in [5.74, 6) is 0.657. The van der Waals surface area contributed by atoms with Crippen molar-refractivity contribution in [1.29, 1.82) is 0 Å². The van der Waals surface area contributed by atoms with Gasteiger partial charge in [0.05, 0.1) is 0 Å². The SMILES string of the molecule is CC(C)CC(=O)C1CCN(C(=O)OC(C)(C)C)C1. The molecule has 1 atom stereocenters. The van der Waals surface area contributed by atoms with Gasteiger partial charge < -0.3 is 9.64 Å². The molecule has 1 aliphatic heterocycles. The number of ketones is 1. The lowest BCUT2D eigenvalue weighted by Crippen LogP contribution is -2.35. The molecule has 0 N–H and O–H groups in total. The van der Waals surface area contributed by atoms with Crippen molar-refractivity contribution in [3.8, 4) is 0 Å². The summed E-state index contributed by atoms with van der Waals surface area (Å²) in [5.41, 5.74) is -0.475.